The minimum atomic E-state index is -0.164. The molecule has 1 N–H and O–H groups in total. The smallest absolute Gasteiger partial charge is 0.287 e. The number of carbonyl (C=O) groups excluding carboxylic acids is 1. The first kappa shape index (κ1) is 17.3. The van der Waals surface area contributed by atoms with E-state index in [1.807, 2.05) is 12.1 Å². The van der Waals surface area contributed by atoms with Crippen molar-refractivity contribution in [3.05, 3.63) is 30.0 Å². The summed E-state index contributed by atoms with van der Waals surface area (Å²) in [6, 6.07) is 7.29. The van der Waals surface area contributed by atoms with Gasteiger partial charge in [-0.1, -0.05) is 13.8 Å². The van der Waals surface area contributed by atoms with Gasteiger partial charge in [-0.05, 0) is 50.7 Å². The van der Waals surface area contributed by atoms with E-state index in [1.54, 1.807) is 19.2 Å². The summed E-state index contributed by atoms with van der Waals surface area (Å²) in [5, 5.41) is 3.82. The van der Waals surface area contributed by atoms with Crippen LogP contribution in [-0.4, -0.2) is 44.1 Å². The molecule has 0 radical (unpaired) electrons. The van der Waals surface area contributed by atoms with E-state index in [0.29, 0.717) is 17.9 Å². The van der Waals surface area contributed by atoms with Crippen LogP contribution in [0.15, 0.2) is 28.7 Å². The molecule has 0 fully saturated rings. The van der Waals surface area contributed by atoms with Crippen LogP contribution < -0.4 is 10.1 Å². The zero-order valence-corrected chi connectivity index (χ0v) is 14.2. The molecular formula is C18H26N2O3. The molecular weight excluding hydrogens is 292 g/mol. The number of hydrogen-bond acceptors (Lipinski definition) is 4. The normalized spacial score (nSPS) is 11.1. The molecule has 1 aromatic carbocycles. The summed E-state index contributed by atoms with van der Waals surface area (Å²) in [5.41, 5.74) is 0.663. The Morgan fingerprint density at radius 1 is 1.22 bits per heavy atom. The standard InChI is InChI=1S/C18H26N2O3/c1-4-20(5-2)11-7-6-10-19-18(21)17-12-14-8-9-15(22-3)13-16(14)23-17/h8-9,12-13H,4-7,10-11H2,1-3H3,(H,19,21). The number of furan rings is 1. The predicted octanol–water partition coefficient (Wildman–Crippen LogP) is 3.29. The van der Waals surface area contributed by atoms with Gasteiger partial charge >= 0.3 is 0 Å². The Hall–Kier alpha value is -2.01. The summed E-state index contributed by atoms with van der Waals surface area (Å²) in [5.74, 6) is 0.898. The average molecular weight is 318 g/mol. The largest absolute Gasteiger partial charge is 0.497 e. The lowest BCUT2D eigenvalue weighted by Crippen LogP contribution is -2.27. The summed E-state index contributed by atoms with van der Waals surface area (Å²) in [4.78, 5) is 14.5. The lowest BCUT2D eigenvalue weighted by Gasteiger charge is -2.17. The van der Waals surface area contributed by atoms with E-state index >= 15 is 0 Å². The molecule has 23 heavy (non-hydrogen) atoms. The highest BCUT2D eigenvalue weighted by Crippen LogP contribution is 2.24. The van der Waals surface area contributed by atoms with Gasteiger partial charge in [0.05, 0.1) is 7.11 Å². The van der Waals surface area contributed by atoms with Gasteiger partial charge in [-0.2, -0.15) is 0 Å². The van der Waals surface area contributed by atoms with E-state index < -0.39 is 0 Å². The third kappa shape index (κ3) is 4.73. The maximum absolute atomic E-state index is 12.1. The first-order valence-corrected chi connectivity index (χ1v) is 8.26. The Morgan fingerprint density at radius 2 is 2.00 bits per heavy atom. The summed E-state index contributed by atoms with van der Waals surface area (Å²) in [7, 11) is 1.61. The van der Waals surface area contributed by atoms with E-state index in [9.17, 15) is 4.79 Å². The quantitative estimate of drug-likeness (QED) is 0.721. The molecule has 2 aromatic rings. The van der Waals surface area contributed by atoms with Crippen molar-refractivity contribution < 1.29 is 13.9 Å². The maximum Gasteiger partial charge on any atom is 0.287 e. The Kier molecular flexibility index (Phi) is 6.47. The number of benzene rings is 1. The molecule has 0 aliphatic carbocycles. The second-order valence-electron chi connectivity index (χ2n) is 5.50. The molecule has 1 aromatic heterocycles. The van der Waals surface area contributed by atoms with Gasteiger partial charge in [0, 0.05) is 18.0 Å². The molecule has 0 unspecified atom stereocenters. The van der Waals surface area contributed by atoms with Crippen LogP contribution in [0.3, 0.4) is 0 Å². The average Bonchev–Trinajstić information content (AvgIpc) is 3.01. The first-order valence-electron chi connectivity index (χ1n) is 8.26. The van der Waals surface area contributed by atoms with Gasteiger partial charge in [-0.15, -0.1) is 0 Å². The minimum absolute atomic E-state index is 0.164. The Morgan fingerprint density at radius 3 is 2.70 bits per heavy atom. The van der Waals surface area contributed by atoms with Crippen LogP contribution in [0.4, 0.5) is 0 Å². The minimum Gasteiger partial charge on any atom is -0.497 e. The SMILES string of the molecule is CCN(CC)CCCCNC(=O)c1cc2ccc(OC)cc2o1. The molecule has 0 bridgehead atoms. The molecule has 0 saturated carbocycles. The van der Waals surface area contributed by atoms with E-state index in [-0.39, 0.29) is 5.91 Å². The highest BCUT2D eigenvalue weighted by molar-refractivity contribution is 5.96. The zero-order chi connectivity index (χ0) is 16.7. The van der Waals surface area contributed by atoms with Gasteiger partial charge in [0.1, 0.15) is 11.3 Å². The monoisotopic (exact) mass is 318 g/mol. The number of unbranched alkanes of at least 4 members (excludes halogenated alkanes) is 1. The lowest BCUT2D eigenvalue weighted by molar-refractivity contribution is 0.0927. The zero-order valence-electron chi connectivity index (χ0n) is 14.2. The van der Waals surface area contributed by atoms with Gasteiger partial charge in [0.25, 0.3) is 5.91 Å². The Balaban J connectivity index is 1.81. The Labute approximate surface area is 137 Å². The molecule has 126 valence electrons. The molecule has 1 amide bonds. The summed E-state index contributed by atoms with van der Waals surface area (Å²) in [6.07, 6.45) is 2.05. The topological polar surface area (TPSA) is 54.7 Å². The van der Waals surface area contributed by atoms with Crippen molar-refractivity contribution in [1.29, 1.82) is 0 Å². The fourth-order valence-corrected chi connectivity index (χ4v) is 2.54. The summed E-state index contributed by atoms with van der Waals surface area (Å²) in [6.45, 7) is 8.23. The van der Waals surface area contributed by atoms with Crippen LogP contribution in [0.5, 0.6) is 5.75 Å². The molecule has 0 saturated heterocycles. The molecule has 1 heterocycles. The third-order valence-corrected chi connectivity index (χ3v) is 4.03. The predicted molar refractivity (Wildman–Crippen MR) is 92.1 cm³/mol. The number of fused-ring (bicyclic) bond motifs is 1. The molecule has 0 spiro atoms. The van der Waals surface area contributed by atoms with Crippen LogP contribution in [0.2, 0.25) is 0 Å². The van der Waals surface area contributed by atoms with Gasteiger partial charge in [0.2, 0.25) is 0 Å². The summed E-state index contributed by atoms with van der Waals surface area (Å²) >= 11 is 0. The van der Waals surface area contributed by atoms with Crippen molar-refractivity contribution in [2.45, 2.75) is 26.7 Å². The molecule has 0 aliphatic rings. The number of ether oxygens (including phenoxy) is 1. The fraction of sp³-hybridized carbons (Fsp3) is 0.500. The van der Waals surface area contributed by atoms with Gasteiger partial charge in [0.15, 0.2) is 5.76 Å². The van der Waals surface area contributed by atoms with Crippen LogP contribution in [0, 0.1) is 0 Å². The third-order valence-electron chi connectivity index (χ3n) is 4.03. The molecule has 0 atom stereocenters. The highest BCUT2D eigenvalue weighted by atomic mass is 16.5. The van der Waals surface area contributed by atoms with Crippen molar-refractivity contribution in [3.8, 4) is 5.75 Å². The van der Waals surface area contributed by atoms with Crippen molar-refractivity contribution in [1.82, 2.24) is 10.2 Å². The van der Waals surface area contributed by atoms with E-state index in [0.717, 1.165) is 43.6 Å². The molecule has 0 aliphatic heterocycles. The van der Waals surface area contributed by atoms with E-state index in [2.05, 4.69) is 24.1 Å². The molecule has 5 heteroatoms. The van der Waals surface area contributed by atoms with Crippen molar-refractivity contribution in [2.24, 2.45) is 0 Å². The second kappa shape index (κ2) is 8.58. The molecule has 5 nitrogen and oxygen atoms in total. The number of carbonyl (C=O) groups is 1. The maximum atomic E-state index is 12.1. The van der Waals surface area contributed by atoms with Crippen molar-refractivity contribution >= 4 is 16.9 Å². The first-order chi connectivity index (χ1) is 11.2. The van der Waals surface area contributed by atoms with E-state index in [4.69, 9.17) is 9.15 Å². The number of methoxy groups -OCH3 is 1. The number of rotatable bonds is 9. The van der Waals surface area contributed by atoms with Crippen LogP contribution in [0.25, 0.3) is 11.0 Å². The van der Waals surface area contributed by atoms with Crippen LogP contribution >= 0.6 is 0 Å². The summed E-state index contributed by atoms with van der Waals surface area (Å²) < 4.78 is 10.8. The second-order valence-corrected chi connectivity index (χ2v) is 5.50. The van der Waals surface area contributed by atoms with E-state index in [1.165, 1.54) is 0 Å². The molecule has 2 rings (SSSR count). The number of nitrogens with zero attached hydrogens (tertiary/aromatic N) is 1. The lowest BCUT2D eigenvalue weighted by atomic mass is 10.2. The van der Waals surface area contributed by atoms with Crippen LogP contribution in [0.1, 0.15) is 37.2 Å². The van der Waals surface area contributed by atoms with Gasteiger partial charge < -0.3 is 19.4 Å². The van der Waals surface area contributed by atoms with Gasteiger partial charge in [-0.3, -0.25) is 4.79 Å². The number of nitrogens with one attached hydrogen (secondary N) is 1. The van der Waals surface area contributed by atoms with Crippen molar-refractivity contribution in [2.75, 3.05) is 33.3 Å². The fourth-order valence-electron chi connectivity index (χ4n) is 2.54. The number of amides is 1. The van der Waals surface area contributed by atoms with Crippen LogP contribution in [-0.2, 0) is 0 Å². The van der Waals surface area contributed by atoms with Gasteiger partial charge in [-0.25, -0.2) is 0 Å². The van der Waals surface area contributed by atoms with Crippen molar-refractivity contribution in [3.63, 3.8) is 0 Å². The Bertz CT molecular complexity index is 632. The highest BCUT2D eigenvalue weighted by Gasteiger charge is 2.12. The number of hydrogen-bond donors (Lipinski definition) is 1.